The highest BCUT2D eigenvalue weighted by molar-refractivity contribution is 5.89. The third-order valence-electron chi connectivity index (χ3n) is 4.15. The van der Waals surface area contributed by atoms with Gasteiger partial charge in [0.25, 0.3) is 0 Å². The first-order valence-corrected chi connectivity index (χ1v) is 9.85. The first-order valence-electron chi connectivity index (χ1n) is 9.85. The van der Waals surface area contributed by atoms with Crippen molar-refractivity contribution in [2.24, 2.45) is 0 Å². The quantitative estimate of drug-likeness (QED) is 0.465. The zero-order valence-electron chi connectivity index (χ0n) is 17.3. The molecule has 0 spiro atoms. The molecule has 0 aliphatic carbocycles. The van der Waals surface area contributed by atoms with Gasteiger partial charge in [-0.2, -0.15) is 0 Å². The zero-order valence-corrected chi connectivity index (χ0v) is 17.3. The summed E-state index contributed by atoms with van der Waals surface area (Å²) in [6, 6.07) is 14.9. The number of benzene rings is 2. The fraction of sp³-hybridized carbons (Fsp3) is 0.409. The Bertz CT molecular complexity index is 755. The highest BCUT2D eigenvalue weighted by Crippen LogP contribution is 2.22. The van der Waals surface area contributed by atoms with Gasteiger partial charge in [-0.15, -0.1) is 0 Å². The van der Waals surface area contributed by atoms with Crippen LogP contribution in [-0.2, 0) is 0 Å². The molecule has 0 aliphatic heterocycles. The van der Waals surface area contributed by atoms with Gasteiger partial charge < -0.3 is 30.5 Å². The van der Waals surface area contributed by atoms with Crippen molar-refractivity contribution >= 4 is 11.7 Å². The second-order valence-electron chi connectivity index (χ2n) is 6.86. The maximum atomic E-state index is 11.6. The van der Waals surface area contributed by atoms with Crippen molar-refractivity contribution in [1.82, 2.24) is 10.6 Å². The number of hydrogen-bond acceptors (Lipinski definition) is 5. The van der Waals surface area contributed by atoms with Gasteiger partial charge >= 0.3 is 6.03 Å². The second-order valence-corrected chi connectivity index (χ2v) is 6.86. The van der Waals surface area contributed by atoms with Crippen LogP contribution in [0.25, 0.3) is 0 Å². The fourth-order valence-electron chi connectivity index (χ4n) is 2.60. The van der Waals surface area contributed by atoms with Gasteiger partial charge in [0.15, 0.2) is 0 Å². The number of aliphatic hydroxyl groups is 1. The molecule has 7 nitrogen and oxygen atoms in total. The molecular weight excluding hydrogens is 370 g/mol. The van der Waals surface area contributed by atoms with Crippen molar-refractivity contribution in [3.63, 3.8) is 0 Å². The van der Waals surface area contributed by atoms with E-state index in [-0.39, 0.29) is 18.7 Å². The standard InChI is InChI=1S/C22H31N3O4/c1-4-23-22(27)25-18-10-11-21(16(2)12-18)29-15-19(26)13-24-17(3)14-28-20-8-6-5-7-9-20/h5-12,17,19,24,26H,4,13-15H2,1-3H3,(H2,23,25,27). The van der Waals surface area contributed by atoms with E-state index in [9.17, 15) is 9.90 Å². The monoisotopic (exact) mass is 401 g/mol. The summed E-state index contributed by atoms with van der Waals surface area (Å²) < 4.78 is 11.4. The summed E-state index contributed by atoms with van der Waals surface area (Å²) in [5, 5.41) is 18.8. The number of carbonyl (C=O) groups excluding carboxylic acids is 1. The molecule has 0 bridgehead atoms. The number of amides is 2. The van der Waals surface area contributed by atoms with Gasteiger partial charge in [0, 0.05) is 24.8 Å². The van der Waals surface area contributed by atoms with Crippen LogP contribution < -0.4 is 25.4 Å². The third kappa shape index (κ3) is 8.41. The van der Waals surface area contributed by atoms with E-state index in [1.165, 1.54) is 0 Å². The molecule has 7 heteroatoms. The number of anilines is 1. The van der Waals surface area contributed by atoms with Crippen molar-refractivity contribution in [2.45, 2.75) is 32.9 Å². The van der Waals surface area contributed by atoms with Gasteiger partial charge in [0.1, 0.15) is 30.8 Å². The molecule has 2 rings (SSSR count). The van der Waals surface area contributed by atoms with E-state index in [1.807, 2.05) is 57.2 Å². The molecule has 0 aromatic heterocycles. The van der Waals surface area contributed by atoms with Crippen molar-refractivity contribution in [2.75, 3.05) is 31.6 Å². The Balaban J connectivity index is 1.70. The number of para-hydroxylation sites is 1. The fourth-order valence-corrected chi connectivity index (χ4v) is 2.60. The molecule has 0 saturated heterocycles. The van der Waals surface area contributed by atoms with Crippen LogP contribution in [0.4, 0.5) is 10.5 Å². The summed E-state index contributed by atoms with van der Waals surface area (Å²) >= 11 is 0. The molecule has 0 radical (unpaired) electrons. The first kappa shape index (κ1) is 22.5. The SMILES string of the molecule is CCNC(=O)Nc1ccc(OCC(O)CNC(C)COc2ccccc2)c(C)c1. The van der Waals surface area contributed by atoms with Crippen molar-refractivity contribution < 1.29 is 19.4 Å². The van der Waals surface area contributed by atoms with Gasteiger partial charge in [0.2, 0.25) is 0 Å². The highest BCUT2D eigenvalue weighted by atomic mass is 16.5. The molecule has 4 N–H and O–H groups in total. The lowest BCUT2D eigenvalue weighted by Crippen LogP contribution is -2.39. The molecule has 2 unspecified atom stereocenters. The van der Waals surface area contributed by atoms with E-state index >= 15 is 0 Å². The maximum absolute atomic E-state index is 11.6. The summed E-state index contributed by atoms with van der Waals surface area (Å²) in [4.78, 5) is 11.6. The van der Waals surface area contributed by atoms with E-state index in [4.69, 9.17) is 9.47 Å². The summed E-state index contributed by atoms with van der Waals surface area (Å²) in [5.41, 5.74) is 1.57. The van der Waals surface area contributed by atoms with Gasteiger partial charge in [-0.1, -0.05) is 18.2 Å². The highest BCUT2D eigenvalue weighted by Gasteiger charge is 2.10. The number of nitrogens with one attached hydrogen (secondary N) is 3. The average Bonchev–Trinajstić information content (AvgIpc) is 2.71. The molecule has 2 amide bonds. The number of urea groups is 1. The number of ether oxygens (including phenoxy) is 2. The Labute approximate surface area is 172 Å². The number of aliphatic hydroxyl groups excluding tert-OH is 1. The largest absolute Gasteiger partial charge is 0.492 e. The molecule has 2 aromatic carbocycles. The summed E-state index contributed by atoms with van der Waals surface area (Å²) in [6.07, 6.45) is -0.651. The Morgan fingerprint density at radius 2 is 1.86 bits per heavy atom. The Hall–Kier alpha value is -2.77. The van der Waals surface area contributed by atoms with Crippen molar-refractivity contribution in [3.8, 4) is 11.5 Å². The first-order chi connectivity index (χ1) is 14.0. The van der Waals surface area contributed by atoms with Gasteiger partial charge in [0.05, 0.1) is 0 Å². The van der Waals surface area contributed by atoms with Crippen LogP contribution in [0.2, 0.25) is 0 Å². The molecule has 0 saturated carbocycles. The molecule has 0 aliphatic rings. The van der Waals surface area contributed by atoms with Crippen LogP contribution in [0.5, 0.6) is 11.5 Å². The minimum absolute atomic E-state index is 0.0891. The van der Waals surface area contributed by atoms with Crippen LogP contribution in [0.15, 0.2) is 48.5 Å². The molecule has 158 valence electrons. The van der Waals surface area contributed by atoms with Crippen LogP contribution in [0.1, 0.15) is 19.4 Å². The van der Waals surface area contributed by atoms with E-state index < -0.39 is 6.10 Å². The molecule has 2 aromatic rings. The molecule has 2 atom stereocenters. The second kappa shape index (κ2) is 11.9. The minimum Gasteiger partial charge on any atom is -0.492 e. The third-order valence-corrected chi connectivity index (χ3v) is 4.15. The van der Waals surface area contributed by atoms with Crippen LogP contribution in [0, 0.1) is 6.92 Å². The van der Waals surface area contributed by atoms with E-state index in [0.717, 1.165) is 11.3 Å². The topological polar surface area (TPSA) is 91.9 Å². The number of carbonyl (C=O) groups is 1. The predicted molar refractivity (Wildman–Crippen MR) is 115 cm³/mol. The van der Waals surface area contributed by atoms with Crippen LogP contribution in [0.3, 0.4) is 0 Å². The van der Waals surface area contributed by atoms with E-state index in [0.29, 0.717) is 31.1 Å². The Morgan fingerprint density at radius 1 is 1.10 bits per heavy atom. The number of rotatable bonds is 11. The number of hydrogen-bond donors (Lipinski definition) is 4. The Morgan fingerprint density at radius 3 is 2.55 bits per heavy atom. The predicted octanol–water partition coefficient (Wildman–Crippen LogP) is 2.93. The summed E-state index contributed by atoms with van der Waals surface area (Å²) in [5.74, 6) is 1.50. The Kier molecular flexibility index (Phi) is 9.27. The molecular formula is C22H31N3O4. The summed E-state index contributed by atoms with van der Waals surface area (Å²) in [6.45, 7) is 7.40. The molecule has 0 fully saturated rings. The molecule has 0 heterocycles. The van der Waals surface area contributed by atoms with Gasteiger partial charge in [-0.05, 0) is 56.7 Å². The number of aryl methyl sites for hydroxylation is 1. The van der Waals surface area contributed by atoms with E-state index in [1.54, 1.807) is 12.1 Å². The maximum Gasteiger partial charge on any atom is 0.319 e. The van der Waals surface area contributed by atoms with Crippen molar-refractivity contribution in [3.05, 3.63) is 54.1 Å². The van der Waals surface area contributed by atoms with Gasteiger partial charge in [-0.3, -0.25) is 0 Å². The average molecular weight is 402 g/mol. The smallest absolute Gasteiger partial charge is 0.319 e. The lowest BCUT2D eigenvalue weighted by atomic mass is 10.2. The summed E-state index contributed by atoms with van der Waals surface area (Å²) in [7, 11) is 0. The van der Waals surface area contributed by atoms with Crippen LogP contribution >= 0.6 is 0 Å². The van der Waals surface area contributed by atoms with Gasteiger partial charge in [-0.25, -0.2) is 4.79 Å². The van der Waals surface area contributed by atoms with Crippen molar-refractivity contribution in [1.29, 1.82) is 0 Å². The lowest BCUT2D eigenvalue weighted by molar-refractivity contribution is 0.101. The zero-order chi connectivity index (χ0) is 21.1. The van der Waals surface area contributed by atoms with E-state index in [2.05, 4.69) is 16.0 Å². The van der Waals surface area contributed by atoms with Crippen LogP contribution in [-0.4, -0.2) is 49.6 Å². The molecule has 29 heavy (non-hydrogen) atoms. The minimum atomic E-state index is -0.651. The lowest BCUT2D eigenvalue weighted by Gasteiger charge is -2.19. The normalized spacial score (nSPS) is 12.7.